The van der Waals surface area contributed by atoms with E-state index in [-0.39, 0.29) is 6.04 Å². The van der Waals surface area contributed by atoms with Crippen LogP contribution in [0.25, 0.3) is 0 Å². The summed E-state index contributed by atoms with van der Waals surface area (Å²) in [6, 6.07) is 0.190. The van der Waals surface area contributed by atoms with E-state index in [9.17, 15) is 0 Å². The maximum Gasteiger partial charge on any atom is 0.158 e. The van der Waals surface area contributed by atoms with Gasteiger partial charge in [-0.1, -0.05) is 0 Å². The molecule has 0 bridgehead atoms. The summed E-state index contributed by atoms with van der Waals surface area (Å²) in [7, 11) is 1.70. The predicted molar refractivity (Wildman–Crippen MR) is 110 cm³/mol. The maximum atomic E-state index is 7.53. The van der Waals surface area contributed by atoms with Crippen LogP contribution in [0.2, 0.25) is 0 Å². The fourth-order valence-electron chi connectivity index (χ4n) is 3.21. The van der Waals surface area contributed by atoms with E-state index in [0.29, 0.717) is 19.0 Å². The molecule has 0 spiro atoms. The molecule has 0 saturated carbocycles. The van der Waals surface area contributed by atoms with Gasteiger partial charge in [-0.3, -0.25) is 10.4 Å². The number of rotatable bonds is 7. The Kier molecular flexibility index (Phi) is 7.72. The maximum absolute atomic E-state index is 7.53. The van der Waals surface area contributed by atoms with Gasteiger partial charge in [0.15, 0.2) is 5.84 Å². The first-order chi connectivity index (χ1) is 13.0. The number of ether oxygens (including phenoxy) is 1. The van der Waals surface area contributed by atoms with Gasteiger partial charge in [-0.2, -0.15) is 0 Å². The number of imidazole rings is 1. The molecule has 1 aromatic heterocycles. The predicted octanol–water partition coefficient (Wildman–Crippen LogP) is 2.05. The first kappa shape index (κ1) is 20.8. The molecule has 1 aromatic rings. The van der Waals surface area contributed by atoms with Crippen LogP contribution in [0, 0.1) is 12.3 Å². The van der Waals surface area contributed by atoms with E-state index in [1.807, 2.05) is 6.92 Å². The van der Waals surface area contributed by atoms with Crippen LogP contribution in [0.1, 0.15) is 43.9 Å². The first-order valence-electron chi connectivity index (χ1n) is 9.34. The van der Waals surface area contributed by atoms with Gasteiger partial charge >= 0.3 is 0 Å². The van der Waals surface area contributed by atoms with Crippen molar-refractivity contribution in [1.29, 1.82) is 5.41 Å². The number of aromatic amines is 1. The highest BCUT2D eigenvalue weighted by atomic mass is 16.5. The van der Waals surface area contributed by atoms with Crippen LogP contribution >= 0.6 is 0 Å². The summed E-state index contributed by atoms with van der Waals surface area (Å²) in [6.45, 7) is 8.10. The Morgan fingerprint density at radius 2 is 2.26 bits per heavy atom. The second kappa shape index (κ2) is 10.0. The molecule has 148 valence electrons. The highest BCUT2D eigenvalue weighted by molar-refractivity contribution is 6.08. The second-order valence-electron chi connectivity index (χ2n) is 6.86. The summed E-state index contributed by atoms with van der Waals surface area (Å²) in [6.07, 6.45) is 5.23. The van der Waals surface area contributed by atoms with Gasteiger partial charge in [0.2, 0.25) is 0 Å². The van der Waals surface area contributed by atoms with Gasteiger partial charge in [-0.05, 0) is 51.8 Å². The quantitative estimate of drug-likeness (QED) is 0.385. The van der Waals surface area contributed by atoms with Crippen LogP contribution in [0.5, 0.6) is 0 Å². The molecule has 1 saturated heterocycles. The molecule has 8 nitrogen and oxygen atoms in total. The lowest BCUT2D eigenvalue weighted by Crippen LogP contribution is -2.43. The molecule has 0 amide bonds. The number of likely N-dealkylation sites (tertiary alicyclic amines) is 1. The molecule has 8 heteroatoms. The first-order valence-corrected chi connectivity index (χ1v) is 9.34. The summed E-state index contributed by atoms with van der Waals surface area (Å²) in [5.74, 6) is 1.54. The van der Waals surface area contributed by atoms with Crippen molar-refractivity contribution in [1.82, 2.24) is 14.9 Å². The Bertz CT molecular complexity index is 730. The van der Waals surface area contributed by atoms with Crippen LogP contribution < -0.4 is 5.73 Å². The van der Waals surface area contributed by atoms with Crippen molar-refractivity contribution in [2.24, 2.45) is 15.7 Å². The average molecular weight is 374 g/mol. The van der Waals surface area contributed by atoms with E-state index in [4.69, 9.17) is 20.9 Å². The minimum Gasteiger partial charge on any atom is -0.404 e. The zero-order valence-electron chi connectivity index (χ0n) is 16.7. The Labute approximate surface area is 161 Å². The van der Waals surface area contributed by atoms with Gasteiger partial charge in [-0.15, -0.1) is 0 Å². The minimum absolute atomic E-state index is 0.190. The topological polar surface area (TPSA) is 116 Å². The van der Waals surface area contributed by atoms with Crippen molar-refractivity contribution in [2.45, 2.75) is 46.1 Å². The molecule has 0 atom stereocenters. The summed E-state index contributed by atoms with van der Waals surface area (Å²) in [4.78, 5) is 19.2. The van der Waals surface area contributed by atoms with Crippen LogP contribution in [-0.2, 0) is 11.2 Å². The number of methoxy groups -OCH3 is 1. The third-order valence-corrected chi connectivity index (χ3v) is 4.35. The Balaban J connectivity index is 2.33. The lowest BCUT2D eigenvalue weighted by Gasteiger charge is -2.32. The standard InChI is InChI=1S/C19H31N7O/c1-13(2)23-17-11-26(8-7-15(17)10-20)19(22-12-21)18-16(6-5-9-27-4)24-14(3)25-18/h10,12-13,21H,5-9,11,20H2,1-4H3,(H,24,25). The number of nitrogens with one attached hydrogen (secondary N) is 2. The molecule has 4 N–H and O–H groups in total. The van der Waals surface area contributed by atoms with Crippen LogP contribution in [0.3, 0.4) is 0 Å². The molecule has 0 unspecified atom stereocenters. The van der Waals surface area contributed by atoms with E-state index in [1.165, 1.54) is 0 Å². The van der Waals surface area contributed by atoms with Crippen molar-refractivity contribution in [2.75, 3.05) is 26.8 Å². The molecule has 0 aromatic carbocycles. The molecule has 1 fully saturated rings. The van der Waals surface area contributed by atoms with Gasteiger partial charge in [0.05, 0.1) is 12.3 Å². The number of amidine groups is 1. The lowest BCUT2D eigenvalue weighted by molar-refractivity contribution is 0.195. The van der Waals surface area contributed by atoms with E-state index < -0.39 is 0 Å². The van der Waals surface area contributed by atoms with E-state index in [0.717, 1.165) is 60.6 Å². The van der Waals surface area contributed by atoms with Crippen molar-refractivity contribution >= 4 is 17.9 Å². The summed E-state index contributed by atoms with van der Waals surface area (Å²) in [5, 5.41) is 7.53. The Hall–Kier alpha value is -2.48. The molecular weight excluding hydrogens is 342 g/mol. The summed E-state index contributed by atoms with van der Waals surface area (Å²) >= 11 is 0. The number of aryl methyl sites for hydroxylation is 2. The Morgan fingerprint density at radius 1 is 1.48 bits per heavy atom. The zero-order valence-corrected chi connectivity index (χ0v) is 16.7. The Morgan fingerprint density at radius 3 is 2.89 bits per heavy atom. The van der Waals surface area contributed by atoms with Crippen molar-refractivity contribution in [3.8, 4) is 0 Å². The number of aromatic nitrogens is 2. The van der Waals surface area contributed by atoms with Crippen LogP contribution in [0.4, 0.5) is 0 Å². The fourth-order valence-corrected chi connectivity index (χ4v) is 3.21. The smallest absolute Gasteiger partial charge is 0.158 e. The molecule has 2 heterocycles. The van der Waals surface area contributed by atoms with Gasteiger partial charge in [0.25, 0.3) is 0 Å². The lowest BCUT2D eigenvalue weighted by atomic mass is 10.0. The third-order valence-electron chi connectivity index (χ3n) is 4.35. The molecule has 0 radical (unpaired) electrons. The van der Waals surface area contributed by atoms with E-state index in [2.05, 4.69) is 33.7 Å². The summed E-state index contributed by atoms with van der Waals surface area (Å²) in [5.41, 5.74) is 9.68. The molecule has 2 rings (SSSR count). The van der Waals surface area contributed by atoms with Crippen LogP contribution in [-0.4, -0.2) is 65.6 Å². The third kappa shape index (κ3) is 5.50. The highest BCUT2D eigenvalue weighted by Gasteiger charge is 2.26. The number of hydrogen-bond donors (Lipinski definition) is 3. The van der Waals surface area contributed by atoms with Gasteiger partial charge in [0, 0.05) is 32.0 Å². The molecule has 0 aliphatic carbocycles. The minimum atomic E-state index is 0.190. The second-order valence-corrected chi connectivity index (χ2v) is 6.86. The van der Waals surface area contributed by atoms with Gasteiger partial charge in [0.1, 0.15) is 17.9 Å². The number of aliphatic imine (C=N–C) groups is 2. The number of nitrogens with two attached hydrogens (primary N) is 1. The highest BCUT2D eigenvalue weighted by Crippen LogP contribution is 2.19. The largest absolute Gasteiger partial charge is 0.404 e. The van der Waals surface area contributed by atoms with E-state index in [1.54, 1.807) is 13.3 Å². The van der Waals surface area contributed by atoms with Gasteiger partial charge in [-0.25, -0.2) is 9.98 Å². The van der Waals surface area contributed by atoms with Crippen LogP contribution in [0.15, 0.2) is 21.8 Å². The number of piperidine rings is 1. The van der Waals surface area contributed by atoms with Crippen molar-refractivity contribution in [3.05, 3.63) is 29.0 Å². The molecule has 1 aliphatic heterocycles. The number of H-pyrrole nitrogens is 1. The SMILES string of the molecule is COCCCc1[nH]c(C)nc1C(=NC=N)N1CCC(=CN)C(=NC(C)C)C1. The van der Waals surface area contributed by atoms with Gasteiger partial charge < -0.3 is 20.4 Å². The molecule has 1 aliphatic rings. The zero-order chi connectivity index (χ0) is 19.8. The van der Waals surface area contributed by atoms with Crippen molar-refractivity contribution in [3.63, 3.8) is 0 Å². The normalized spacial score (nSPS) is 18.7. The molecule has 27 heavy (non-hydrogen) atoms. The summed E-state index contributed by atoms with van der Waals surface area (Å²) < 4.78 is 5.16. The number of nitrogens with zero attached hydrogens (tertiary/aromatic N) is 4. The van der Waals surface area contributed by atoms with Crippen molar-refractivity contribution < 1.29 is 4.74 Å². The molecular formula is C19H31N7O. The number of hydrogen-bond acceptors (Lipinski definition) is 5. The van der Waals surface area contributed by atoms with E-state index >= 15 is 0 Å². The average Bonchev–Trinajstić information content (AvgIpc) is 2.99. The monoisotopic (exact) mass is 373 g/mol. The fraction of sp³-hybridized carbons (Fsp3) is 0.579.